The van der Waals surface area contributed by atoms with Crippen molar-refractivity contribution >= 4 is 23.2 Å². The average molecular weight is 313 g/mol. The number of benzene rings is 1. The maximum atomic E-state index is 10.7. The summed E-state index contributed by atoms with van der Waals surface area (Å²) in [6.45, 7) is 1.94. The number of pyridine rings is 1. The van der Waals surface area contributed by atoms with E-state index in [2.05, 4.69) is 20.6 Å². The molecule has 4 N–H and O–H groups in total. The van der Waals surface area contributed by atoms with Gasteiger partial charge in [0.1, 0.15) is 17.3 Å². The van der Waals surface area contributed by atoms with Gasteiger partial charge in [0.15, 0.2) is 0 Å². The molecular weight excluding hydrogens is 294 g/mol. The summed E-state index contributed by atoms with van der Waals surface area (Å²) in [4.78, 5) is 18.9. The first-order valence-corrected chi connectivity index (χ1v) is 7.03. The van der Waals surface area contributed by atoms with Gasteiger partial charge in [-0.25, -0.2) is 4.98 Å². The van der Waals surface area contributed by atoms with Crippen molar-refractivity contribution in [1.82, 2.24) is 4.98 Å². The van der Waals surface area contributed by atoms with Gasteiger partial charge < -0.3 is 21.1 Å². The number of nitrogens with zero attached hydrogens (tertiary/aromatic N) is 2. The molecule has 2 rings (SSSR count). The molecule has 0 bridgehead atoms. The van der Waals surface area contributed by atoms with Gasteiger partial charge in [0, 0.05) is 12.7 Å². The molecule has 23 heavy (non-hydrogen) atoms. The molecule has 2 aromatic rings. The summed E-state index contributed by atoms with van der Waals surface area (Å²) >= 11 is 0. The minimum atomic E-state index is -0.441. The minimum absolute atomic E-state index is 0.0438. The van der Waals surface area contributed by atoms with E-state index in [-0.39, 0.29) is 6.54 Å². The van der Waals surface area contributed by atoms with Crippen molar-refractivity contribution in [1.29, 1.82) is 0 Å². The van der Waals surface area contributed by atoms with E-state index in [9.17, 15) is 4.79 Å². The molecule has 0 aliphatic carbocycles. The molecule has 0 fully saturated rings. The highest BCUT2D eigenvalue weighted by Gasteiger charge is 2.01. The van der Waals surface area contributed by atoms with E-state index >= 15 is 0 Å². The summed E-state index contributed by atoms with van der Waals surface area (Å²) < 4.78 is 5.71. The first kappa shape index (κ1) is 16.3. The van der Waals surface area contributed by atoms with E-state index in [1.807, 2.05) is 31.2 Å². The molecule has 7 nitrogen and oxygen atoms in total. The van der Waals surface area contributed by atoms with Crippen molar-refractivity contribution in [2.75, 3.05) is 24.2 Å². The number of anilines is 2. The lowest BCUT2D eigenvalue weighted by molar-refractivity contribution is -0.116. The van der Waals surface area contributed by atoms with E-state index in [4.69, 9.17) is 10.5 Å². The van der Waals surface area contributed by atoms with Crippen molar-refractivity contribution in [3.05, 3.63) is 42.6 Å². The minimum Gasteiger partial charge on any atom is -0.456 e. The zero-order chi connectivity index (χ0) is 16.7. The Morgan fingerprint density at radius 2 is 1.91 bits per heavy atom. The Kier molecular flexibility index (Phi) is 5.51. The van der Waals surface area contributed by atoms with Crippen molar-refractivity contribution in [2.24, 2.45) is 10.7 Å². The molecule has 0 aliphatic rings. The molecule has 0 aliphatic heterocycles. The number of nitrogens with two attached hydrogens (primary N) is 1. The summed E-state index contributed by atoms with van der Waals surface area (Å²) in [5, 5.41) is 5.95. The zero-order valence-corrected chi connectivity index (χ0v) is 13.0. The average Bonchev–Trinajstić information content (AvgIpc) is 2.56. The Morgan fingerprint density at radius 3 is 2.48 bits per heavy atom. The third kappa shape index (κ3) is 5.31. The van der Waals surface area contributed by atoms with E-state index in [0.717, 1.165) is 11.5 Å². The lowest BCUT2D eigenvalue weighted by atomic mass is 10.3. The predicted octanol–water partition coefficient (Wildman–Crippen LogP) is 2.23. The van der Waals surface area contributed by atoms with Crippen LogP contribution in [0.1, 0.15) is 6.92 Å². The Labute approximate surface area is 134 Å². The summed E-state index contributed by atoms with van der Waals surface area (Å²) in [5.74, 6) is 2.25. The molecule has 1 aromatic heterocycles. The van der Waals surface area contributed by atoms with Gasteiger partial charge >= 0.3 is 0 Å². The third-order valence-corrected chi connectivity index (χ3v) is 2.93. The summed E-state index contributed by atoms with van der Waals surface area (Å²) in [6, 6.07) is 11.0. The standard InChI is InChI=1S/C16H19N5O2/c1-11(18-2)21-12-3-5-13(6-4-12)23-14-7-8-16(19-9-14)20-10-15(17)22/h3-9H,10H2,1-2H3,(H2,17,22)(H,18,21)(H,19,20). The van der Waals surface area contributed by atoms with Crippen LogP contribution >= 0.6 is 0 Å². The Morgan fingerprint density at radius 1 is 1.22 bits per heavy atom. The fraction of sp³-hybridized carbons (Fsp3) is 0.188. The second kappa shape index (κ2) is 7.79. The van der Waals surface area contributed by atoms with Gasteiger partial charge in [-0.2, -0.15) is 0 Å². The van der Waals surface area contributed by atoms with Gasteiger partial charge in [-0.15, -0.1) is 0 Å². The molecule has 1 aromatic carbocycles. The van der Waals surface area contributed by atoms with E-state index in [1.54, 1.807) is 25.4 Å². The fourth-order valence-corrected chi connectivity index (χ4v) is 1.73. The molecular formula is C16H19N5O2. The van der Waals surface area contributed by atoms with Crippen LogP contribution in [0.25, 0.3) is 0 Å². The smallest absolute Gasteiger partial charge is 0.236 e. The van der Waals surface area contributed by atoms with Crippen LogP contribution in [0, 0.1) is 0 Å². The normalized spacial score (nSPS) is 11.0. The van der Waals surface area contributed by atoms with Crippen molar-refractivity contribution in [2.45, 2.75) is 6.92 Å². The van der Waals surface area contributed by atoms with Gasteiger partial charge in [0.2, 0.25) is 5.91 Å². The van der Waals surface area contributed by atoms with Gasteiger partial charge in [0.05, 0.1) is 18.6 Å². The maximum absolute atomic E-state index is 10.7. The van der Waals surface area contributed by atoms with Gasteiger partial charge in [-0.05, 0) is 43.3 Å². The molecule has 0 radical (unpaired) electrons. The largest absolute Gasteiger partial charge is 0.456 e. The highest BCUT2D eigenvalue weighted by Crippen LogP contribution is 2.23. The van der Waals surface area contributed by atoms with E-state index < -0.39 is 5.91 Å². The van der Waals surface area contributed by atoms with Crippen LogP contribution < -0.4 is 21.1 Å². The topological polar surface area (TPSA) is 102 Å². The number of carbonyl (C=O) groups is 1. The lowest BCUT2D eigenvalue weighted by Gasteiger charge is -2.09. The number of ether oxygens (including phenoxy) is 1. The Bertz CT molecular complexity index is 681. The fourth-order valence-electron chi connectivity index (χ4n) is 1.73. The third-order valence-electron chi connectivity index (χ3n) is 2.93. The maximum Gasteiger partial charge on any atom is 0.236 e. The van der Waals surface area contributed by atoms with Crippen LogP contribution in [0.15, 0.2) is 47.6 Å². The SMILES string of the molecule is CN=C(C)Nc1ccc(Oc2ccc(NCC(N)=O)nc2)cc1. The number of nitrogens with one attached hydrogen (secondary N) is 2. The number of rotatable bonds is 6. The highest BCUT2D eigenvalue weighted by molar-refractivity contribution is 5.93. The van der Waals surface area contributed by atoms with E-state index in [1.165, 1.54) is 0 Å². The molecule has 0 saturated carbocycles. The monoisotopic (exact) mass is 313 g/mol. The number of amidine groups is 1. The summed E-state index contributed by atoms with van der Waals surface area (Å²) in [7, 11) is 1.73. The lowest BCUT2D eigenvalue weighted by Crippen LogP contribution is -2.22. The Hall–Kier alpha value is -3.09. The van der Waals surface area contributed by atoms with Crippen LogP contribution in [0.4, 0.5) is 11.5 Å². The molecule has 7 heteroatoms. The van der Waals surface area contributed by atoms with Crippen molar-refractivity contribution < 1.29 is 9.53 Å². The molecule has 1 heterocycles. The summed E-state index contributed by atoms with van der Waals surface area (Å²) in [6.07, 6.45) is 1.57. The number of aliphatic imine (C=N–C) groups is 1. The van der Waals surface area contributed by atoms with Crippen molar-refractivity contribution in [3.63, 3.8) is 0 Å². The number of amides is 1. The number of hydrogen-bond donors (Lipinski definition) is 3. The van der Waals surface area contributed by atoms with Crippen LogP contribution in [0.5, 0.6) is 11.5 Å². The van der Waals surface area contributed by atoms with Gasteiger partial charge in [-0.1, -0.05) is 0 Å². The first-order valence-electron chi connectivity index (χ1n) is 7.03. The predicted molar refractivity (Wildman–Crippen MR) is 91.1 cm³/mol. The van der Waals surface area contributed by atoms with Gasteiger partial charge in [0.25, 0.3) is 0 Å². The van der Waals surface area contributed by atoms with Crippen LogP contribution in [-0.4, -0.2) is 30.3 Å². The first-order chi connectivity index (χ1) is 11.1. The van der Waals surface area contributed by atoms with Gasteiger partial charge in [-0.3, -0.25) is 9.79 Å². The second-order valence-electron chi connectivity index (χ2n) is 4.76. The molecule has 0 atom stereocenters. The molecule has 120 valence electrons. The molecule has 0 saturated heterocycles. The van der Waals surface area contributed by atoms with Crippen LogP contribution in [0.2, 0.25) is 0 Å². The number of hydrogen-bond acceptors (Lipinski definition) is 5. The molecule has 1 amide bonds. The van der Waals surface area contributed by atoms with E-state index in [0.29, 0.717) is 17.3 Å². The Balaban J connectivity index is 1.95. The molecule has 0 unspecified atom stereocenters. The quantitative estimate of drug-likeness (QED) is 0.561. The highest BCUT2D eigenvalue weighted by atomic mass is 16.5. The molecule has 0 spiro atoms. The summed E-state index contributed by atoms with van der Waals surface area (Å²) in [5.41, 5.74) is 5.99. The number of carbonyl (C=O) groups excluding carboxylic acids is 1. The van der Waals surface area contributed by atoms with Crippen LogP contribution in [-0.2, 0) is 4.79 Å². The van der Waals surface area contributed by atoms with Crippen molar-refractivity contribution in [3.8, 4) is 11.5 Å². The number of primary amides is 1. The van der Waals surface area contributed by atoms with Crippen LogP contribution in [0.3, 0.4) is 0 Å². The zero-order valence-electron chi connectivity index (χ0n) is 13.0. The number of aromatic nitrogens is 1. The second-order valence-corrected chi connectivity index (χ2v) is 4.76.